The van der Waals surface area contributed by atoms with E-state index in [2.05, 4.69) is 18.7 Å². The predicted octanol–water partition coefficient (Wildman–Crippen LogP) is 5.09. The fraction of sp³-hybridized carbons (Fsp3) is 0.409. The third-order valence-corrected chi connectivity index (χ3v) is 5.96. The highest BCUT2D eigenvalue weighted by Crippen LogP contribution is 2.27. The van der Waals surface area contributed by atoms with E-state index in [9.17, 15) is 4.79 Å². The first-order chi connectivity index (χ1) is 13.4. The van der Waals surface area contributed by atoms with Gasteiger partial charge in [-0.15, -0.1) is 0 Å². The molecule has 0 bridgehead atoms. The number of rotatable bonds is 10. The summed E-state index contributed by atoms with van der Waals surface area (Å²) in [4.78, 5) is 14.5. The minimum atomic E-state index is -0.675. The van der Waals surface area contributed by atoms with Gasteiger partial charge in [0.25, 0.3) is 0 Å². The lowest BCUT2D eigenvalue weighted by atomic mass is 9.85. The van der Waals surface area contributed by atoms with Crippen molar-refractivity contribution in [3.63, 3.8) is 0 Å². The quantitative estimate of drug-likeness (QED) is 0.579. The predicted molar refractivity (Wildman–Crippen MR) is 116 cm³/mol. The SMILES string of the molecule is CCN(CC)C(CC)(Cc1ccc(OCc2ccc(Cl)c(Cl)c2)cc1)C(N)=O. The average Bonchev–Trinajstić information content (AvgIpc) is 2.69. The molecule has 0 aliphatic heterocycles. The summed E-state index contributed by atoms with van der Waals surface area (Å²) in [5.74, 6) is 0.470. The van der Waals surface area contributed by atoms with E-state index in [1.807, 2.05) is 37.3 Å². The van der Waals surface area contributed by atoms with Crippen molar-refractivity contribution in [2.45, 2.75) is 45.8 Å². The van der Waals surface area contributed by atoms with Gasteiger partial charge in [-0.2, -0.15) is 0 Å². The first-order valence-electron chi connectivity index (χ1n) is 9.56. The minimum absolute atomic E-state index is 0.279. The number of ether oxygens (including phenoxy) is 1. The molecule has 0 aliphatic rings. The van der Waals surface area contributed by atoms with Gasteiger partial charge in [0.1, 0.15) is 17.9 Å². The van der Waals surface area contributed by atoms with Crippen molar-refractivity contribution in [3.8, 4) is 5.75 Å². The highest BCUT2D eigenvalue weighted by Gasteiger charge is 2.39. The molecule has 1 atom stereocenters. The molecule has 2 N–H and O–H groups in total. The van der Waals surface area contributed by atoms with Crippen LogP contribution in [0.2, 0.25) is 10.0 Å². The third-order valence-electron chi connectivity index (χ3n) is 5.22. The molecule has 1 amide bonds. The number of halogens is 2. The lowest BCUT2D eigenvalue weighted by Gasteiger charge is -2.40. The maximum absolute atomic E-state index is 12.3. The van der Waals surface area contributed by atoms with Crippen LogP contribution in [0.25, 0.3) is 0 Å². The highest BCUT2D eigenvalue weighted by atomic mass is 35.5. The Labute approximate surface area is 177 Å². The normalized spacial score (nSPS) is 13.4. The number of amides is 1. The van der Waals surface area contributed by atoms with E-state index in [1.165, 1.54) is 0 Å². The molecule has 0 radical (unpaired) electrons. The molecule has 0 saturated carbocycles. The number of carbonyl (C=O) groups is 1. The number of nitrogens with two attached hydrogens (primary N) is 1. The van der Waals surface area contributed by atoms with Gasteiger partial charge in [0.15, 0.2) is 0 Å². The van der Waals surface area contributed by atoms with Crippen molar-refractivity contribution in [2.75, 3.05) is 13.1 Å². The first kappa shape index (κ1) is 22.5. The van der Waals surface area contributed by atoms with Crippen LogP contribution >= 0.6 is 23.2 Å². The molecule has 0 aromatic heterocycles. The van der Waals surface area contributed by atoms with Crippen LogP contribution < -0.4 is 10.5 Å². The van der Waals surface area contributed by atoms with Gasteiger partial charge >= 0.3 is 0 Å². The first-order valence-corrected chi connectivity index (χ1v) is 10.3. The van der Waals surface area contributed by atoms with Crippen molar-refractivity contribution < 1.29 is 9.53 Å². The molecule has 0 fully saturated rings. The van der Waals surface area contributed by atoms with Crippen LogP contribution in [0.3, 0.4) is 0 Å². The molecule has 0 heterocycles. The van der Waals surface area contributed by atoms with E-state index in [1.54, 1.807) is 12.1 Å². The minimum Gasteiger partial charge on any atom is -0.489 e. The lowest BCUT2D eigenvalue weighted by molar-refractivity contribution is -0.130. The van der Waals surface area contributed by atoms with Crippen molar-refractivity contribution in [2.24, 2.45) is 5.73 Å². The zero-order valence-electron chi connectivity index (χ0n) is 16.7. The van der Waals surface area contributed by atoms with Gasteiger partial charge < -0.3 is 10.5 Å². The fourth-order valence-electron chi connectivity index (χ4n) is 3.54. The summed E-state index contributed by atoms with van der Waals surface area (Å²) in [5.41, 5.74) is 7.14. The van der Waals surface area contributed by atoms with Crippen LogP contribution in [0, 0.1) is 0 Å². The van der Waals surface area contributed by atoms with Crippen LogP contribution in [-0.4, -0.2) is 29.4 Å². The molecule has 4 nitrogen and oxygen atoms in total. The summed E-state index contributed by atoms with van der Waals surface area (Å²) < 4.78 is 5.83. The van der Waals surface area contributed by atoms with Crippen LogP contribution in [0.5, 0.6) is 5.75 Å². The molecule has 2 rings (SSSR count). The molecule has 2 aromatic carbocycles. The zero-order valence-corrected chi connectivity index (χ0v) is 18.2. The Kier molecular flexibility index (Phi) is 8.17. The molecule has 28 heavy (non-hydrogen) atoms. The van der Waals surface area contributed by atoms with Gasteiger partial charge in [-0.1, -0.05) is 62.2 Å². The molecular formula is C22H28Cl2N2O2. The third kappa shape index (κ3) is 5.19. The van der Waals surface area contributed by atoms with Gasteiger partial charge in [0.05, 0.1) is 10.0 Å². The maximum Gasteiger partial charge on any atom is 0.238 e. The monoisotopic (exact) mass is 422 g/mol. The smallest absolute Gasteiger partial charge is 0.238 e. The van der Waals surface area contributed by atoms with Gasteiger partial charge in [-0.05, 0) is 61.3 Å². The van der Waals surface area contributed by atoms with Crippen molar-refractivity contribution in [1.29, 1.82) is 0 Å². The van der Waals surface area contributed by atoms with Crippen molar-refractivity contribution >= 4 is 29.1 Å². The Hall–Kier alpha value is -1.75. The fourth-order valence-corrected chi connectivity index (χ4v) is 3.86. The second-order valence-corrected chi connectivity index (χ2v) is 7.59. The number of likely N-dealkylation sites (N-methyl/N-ethyl adjacent to an activating group) is 1. The second-order valence-electron chi connectivity index (χ2n) is 6.78. The van der Waals surface area contributed by atoms with Crippen LogP contribution in [-0.2, 0) is 17.8 Å². The van der Waals surface area contributed by atoms with Gasteiger partial charge in [0, 0.05) is 0 Å². The molecule has 1 unspecified atom stereocenters. The van der Waals surface area contributed by atoms with Gasteiger partial charge in [-0.25, -0.2) is 0 Å². The van der Waals surface area contributed by atoms with Crippen LogP contribution in [0.1, 0.15) is 38.3 Å². The largest absolute Gasteiger partial charge is 0.489 e. The zero-order chi connectivity index (χ0) is 20.7. The van der Waals surface area contributed by atoms with Crippen LogP contribution in [0.15, 0.2) is 42.5 Å². The molecule has 0 spiro atoms. The van der Waals surface area contributed by atoms with E-state index in [0.717, 1.165) is 30.0 Å². The summed E-state index contributed by atoms with van der Waals surface area (Å²) >= 11 is 12.0. The van der Waals surface area contributed by atoms with Gasteiger partial charge in [-0.3, -0.25) is 9.69 Å². The maximum atomic E-state index is 12.3. The van der Waals surface area contributed by atoms with Crippen LogP contribution in [0.4, 0.5) is 0 Å². The number of hydrogen-bond donors (Lipinski definition) is 1. The Morgan fingerprint density at radius 1 is 1.00 bits per heavy atom. The summed E-state index contributed by atoms with van der Waals surface area (Å²) in [6.45, 7) is 8.07. The van der Waals surface area contributed by atoms with Crippen molar-refractivity contribution in [1.82, 2.24) is 4.90 Å². The standard InChI is InChI=1S/C22H28Cl2N2O2/c1-4-22(21(25)27,26(5-2)6-3)14-16-7-10-18(11-8-16)28-15-17-9-12-19(23)20(24)13-17/h7-13H,4-6,14-15H2,1-3H3,(H2,25,27). The summed E-state index contributed by atoms with van der Waals surface area (Å²) in [7, 11) is 0. The molecule has 0 saturated heterocycles. The van der Waals surface area contributed by atoms with E-state index in [4.69, 9.17) is 33.7 Å². The van der Waals surface area contributed by atoms with Gasteiger partial charge in [0.2, 0.25) is 5.91 Å². The summed E-state index contributed by atoms with van der Waals surface area (Å²) in [5, 5.41) is 1.04. The van der Waals surface area contributed by atoms with E-state index >= 15 is 0 Å². The number of hydrogen-bond acceptors (Lipinski definition) is 3. The number of benzene rings is 2. The van der Waals surface area contributed by atoms with Crippen molar-refractivity contribution in [3.05, 3.63) is 63.6 Å². The Balaban J connectivity index is 2.09. The second kappa shape index (κ2) is 10.1. The summed E-state index contributed by atoms with van der Waals surface area (Å²) in [6.07, 6.45) is 1.24. The lowest BCUT2D eigenvalue weighted by Crippen LogP contribution is -2.58. The number of nitrogens with zero attached hydrogens (tertiary/aromatic N) is 1. The Morgan fingerprint density at radius 2 is 1.61 bits per heavy atom. The average molecular weight is 423 g/mol. The topological polar surface area (TPSA) is 55.6 Å². The molecular weight excluding hydrogens is 395 g/mol. The Bertz CT molecular complexity index is 792. The summed E-state index contributed by atoms with van der Waals surface area (Å²) in [6, 6.07) is 13.2. The molecule has 152 valence electrons. The van der Waals surface area contributed by atoms with E-state index in [0.29, 0.717) is 29.5 Å². The Morgan fingerprint density at radius 3 is 2.11 bits per heavy atom. The van der Waals surface area contributed by atoms with E-state index in [-0.39, 0.29) is 5.91 Å². The molecule has 2 aromatic rings. The number of primary amides is 1. The number of carbonyl (C=O) groups excluding carboxylic acids is 1. The van der Waals surface area contributed by atoms with E-state index < -0.39 is 5.54 Å². The molecule has 6 heteroatoms. The highest BCUT2D eigenvalue weighted by molar-refractivity contribution is 6.42. The molecule has 0 aliphatic carbocycles.